The van der Waals surface area contributed by atoms with Crippen molar-refractivity contribution in [2.45, 2.75) is 25.4 Å². The summed E-state index contributed by atoms with van der Waals surface area (Å²) in [4.78, 5) is 13.3. The molecule has 2 fully saturated rings. The fraction of sp³-hybridized carbons (Fsp3) is 0.900. The molecule has 2 aliphatic rings. The van der Waals surface area contributed by atoms with Crippen molar-refractivity contribution in [3.05, 3.63) is 0 Å². The van der Waals surface area contributed by atoms with Crippen LogP contribution in [-0.4, -0.2) is 40.9 Å². The maximum absolute atomic E-state index is 11.4. The number of carbonyl (C=O) groups excluding carboxylic acids is 1. The van der Waals surface area contributed by atoms with E-state index in [9.17, 15) is 9.90 Å². The number of likely N-dealkylation sites (tertiary alicyclic amines) is 1. The minimum absolute atomic E-state index is 0.136. The van der Waals surface area contributed by atoms with Crippen molar-refractivity contribution in [1.29, 1.82) is 0 Å². The van der Waals surface area contributed by atoms with Gasteiger partial charge in [-0.25, -0.2) is 0 Å². The molecule has 0 aromatic rings. The molecule has 3 atom stereocenters. The standard InChI is InChI=1S/C10H17NO2S/c12-9-2-1-7-4-11(10(13)6-14)5-8(7)3-9/h7-9,12,14H,1-6H2. The number of fused-ring (bicyclic) bond motifs is 1. The first-order chi connectivity index (χ1) is 6.70. The maximum atomic E-state index is 11.4. The van der Waals surface area contributed by atoms with Crippen LogP contribution in [0.1, 0.15) is 19.3 Å². The predicted octanol–water partition coefficient (Wildman–Crippen LogP) is 0.536. The van der Waals surface area contributed by atoms with Crippen LogP contribution in [-0.2, 0) is 4.79 Å². The first kappa shape index (κ1) is 10.3. The largest absolute Gasteiger partial charge is 0.393 e. The van der Waals surface area contributed by atoms with Crippen LogP contribution in [0.25, 0.3) is 0 Å². The van der Waals surface area contributed by atoms with Gasteiger partial charge in [-0.1, -0.05) is 0 Å². The zero-order valence-corrected chi connectivity index (χ0v) is 9.12. The molecule has 1 saturated carbocycles. The third-order valence-electron chi connectivity index (χ3n) is 3.51. The van der Waals surface area contributed by atoms with Crippen LogP contribution in [0.5, 0.6) is 0 Å². The quantitative estimate of drug-likeness (QED) is 0.627. The van der Waals surface area contributed by atoms with Gasteiger partial charge >= 0.3 is 0 Å². The van der Waals surface area contributed by atoms with Crippen LogP contribution >= 0.6 is 12.6 Å². The van der Waals surface area contributed by atoms with Gasteiger partial charge in [0.2, 0.25) is 5.91 Å². The monoisotopic (exact) mass is 215 g/mol. The Kier molecular flexibility index (Phi) is 3.02. The van der Waals surface area contributed by atoms with Crippen LogP contribution in [0.3, 0.4) is 0 Å². The molecule has 0 radical (unpaired) electrons. The third-order valence-corrected chi connectivity index (χ3v) is 3.78. The molecule has 80 valence electrons. The Balaban J connectivity index is 1.95. The molecule has 1 saturated heterocycles. The van der Waals surface area contributed by atoms with Crippen LogP contribution in [0, 0.1) is 11.8 Å². The fourth-order valence-corrected chi connectivity index (χ4v) is 2.91. The average Bonchev–Trinajstić information content (AvgIpc) is 2.59. The molecule has 0 aromatic carbocycles. The van der Waals surface area contributed by atoms with Gasteiger partial charge in [0.05, 0.1) is 11.9 Å². The summed E-state index contributed by atoms with van der Waals surface area (Å²) in [5.41, 5.74) is 0. The number of aliphatic hydroxyl groups is 1. The van der Waals surface area contributed by atoms with E-state index in [0.29, 0.717) is 17.6 Å². The summed E-state index contributed by atoms with van der Waals surface area (Å²) in [5, 5.41) is 9.52. The summed E-state index contributed by atoms with van der Waals surface area (Å²) >= 11 is 4.00. The SMILES string of the molecule is O=C(CS)N1CC2CCC(O)CC2C1. The van der Waals surface area contributed by atoms with Crippen molar-refractivity contribution in [3.63, 3.8) is 0 Å². The van der Waals surface area contributed by atoms with Gasteiger partial charge in [0, 0.05) is 13.1 Å². The Morgan fingerprint density at radius 1 is 1.36 bits per heavy atom. The number of hydrogen-bond acceptors (Lipinski definition) is 3. The molecule has 0 bridgehead atoms. The highest BCUT2D eigenvalue weighted by atomic mass is 32.1. The highest BCUT2D eigenvalue weighted by Gasteiger charge is 2.38. The molecule has 14 heavy (non-hydrogen) atoms. The topological polar surface area (TPSA) is 40.5 Å². The van der Waals surface area contributed by atoms with Gasteiger partial charge in [-0.3, -0.25) is 4.79 Å². The van der Waals surface area contributed by atoms with Crippen LogP contribution in [0.2, 0.25) is 0 Å². The number of carbonyl (C=O) groups is 1. The van der Waals surface area contributed by atoms with Gasteiger partial charge in [-0.15, -0.1) is 0 Å². The van der Waals surface area contributed by atoms with Gasteiger partial charge in [-0.05, 0) is 31.1 Å². The molecular formula is C10H17NO2S. The number of aliphatic hydroxyl groups excluding tert-OH is 1. The Morgan fingerprint density at radius 2 is 2.07 bits per heavy atom. The van der Waals surface area contributed by atoms with Crippen molar-refractivity contribution in [2.75, 3.05) is 18.8 Å². The average molecular weight is 215 g/mol. The summed E-state index contributed by atoms with van der Waals surface area (Å²) < 4.78 is 0. The Labute approximate surface area is 89.9 Å². The number of thiol groups is 1. The van der Waals surface area contributed by atoms with Crippen molar-refractivity contribution < 1.29 is 9.90 Å². The zero-order chi connectivity index (χ0) is 10.1. The molecule has 1 amide bonds. The second kappa shape index (κ2) is 4.11. The van der Waals surface area contributed by atoms with E-state index in [0.717, 1.165) is 32.4 Å². The minimum Gasteiger partial charge on any atom is -0.393 e. The van der Waals surface area contributed by atoms with E-state index in [1.165, 1.54) is 0 Å². The first-order valence-electron chi connectivity index (χ1n) is 5.27. The molecule has 0 spiro atoms. The van der Waals surface area contributed by atoms with Gasteiger partial charge < -0.3 is 10.0 Å². The van der Waals surface area contributed by atoms with Gasteiger partial charge in [0.1, 0.15) is 0 Å². The lowest BCUT2D eigenvalue weighted by Gasteiger charge is -2.27. The Bertz CT molecular complexity index is 234. The number of nitrogens with zero attached hydrogens (tertiary/aromatic N) is 1. The summed E-state index contributed by atoms with van der Waals surface area (Å²) in [7, 11) is 0. The van der Waals surface area contributed by atoms with E-state index in [-0.39, 0.29) is 12.0 Å². The molecular weight excluding hydrogens is 198 g/mol. The summed E-state index contributed by atoms with van der Waals surface area (Å²) in [5.74, 6) is 1.60. The molecule has 3 unspecified atom stereocenters. The zero-order valence-electron chi connectivity index (χ0n) is 8.22. The van der Waals surface area contributed by atoms with Crippen molar-refractivity contribution in [1.82, 2.24) is 4.90 Å². The van der Waals surface area contributed by atoms with E-state index in [2.05, 4.69) is 12.6 Å². The number of hydrogen-bond donors (Lipinski definition) is 2. The van der Waals surface area contributed by atoms with E-state index >= 15 is 0 Å². The first-order valence-corrected chi connectivity index (χ1v) is 5.90. The van der Waals surface area contributed by atoms with Crippen LogP contribution < -0.4 is 0 Å². The second-order valence-electron chi connectivity index (χ2n) is 4.44. The van der Waals surface area contributed by atoms with Crippen molar-refractivity contribution in [2.24, 2.45) is 11.8 Å². The predicted molar refractivity (Wildman–Crippen MR) is 57.3 cm³/mol. The van der Waals surface area contributed by atoms with Gasteiger partial charge in [-0.2, -0.15) is 12.6 Å². The minimum atomic E-state index is -0.137. The fourth-order valence-electron chi connectivity index (χ4n) is 2.71. The summed E-state index contributed by atoms with van der Waals surface area (Å²) in [6.45, 7) is 1.72. The van der Waals surface area contributed by atoms with Gasteiger partial charge in [0.15, 0.2) is 0 Å². The molecule has 3 nitrogen and oxygen atoms in total. The van der Waals surface area contributed by atoms with Crippen LogP contribution in [0.15, 0.2) is 0 Å². The number of rotatable bonds is 1. The lowest BCUT2D eigenvalue weighted by molar-refractivity contribution is -0.127. The normalized spacial score (nSPS) is 37.0. The highest BCUT2D eigenvalue weighted by Crippen LogP contribution is 2.36. The lowest BCUT2D eigenvalue weighted by Crippen LogP contribution is -2.29. The van der Waals surface area contributed by atoms with E-state index < -0.39 is 0 Å². The van der Waals surface area contributed by atoms with E-state index in [1.54, 1.807) is 0 Å². The smallest absolute Gasteiger partial charge is 0.232 e. The molecule has 2 rings (SSSR count). The van der Waals surface area contributed by atoms with Crippen LogP contribution in [0.4, 0.5) is 0 Å². The lowest BCUT2D eigenvalue weighted by atomic mass is 9.80. The third kappa shape index (κ3) is 1.91. The van der Waals surface area contributed by atoms with E-state index in [4.69, 9.17) is 0 Å². The molecule has 1 aliphatic heterocycles. The summed E-state index contributed by atoms with van der Waals surface area (Å²) in [6, 6.07) is 0. The Hall–Kier alpha value is -0.220. The molecule has 1 heterocycles. The van der Waals surface area contributed by atoms with Crippen molar-refractivity contribution >= 4 is 18.5 Å². The second-order valence-corrected chi connectivity index (χ2v) is 4.76. The molecule has 0 aromatic heterocycles. The molecule has 1 N–H and O–H groups in total. The van der Waals surface area contributed by atoms with E-state index in [1.807, 2.05) is 4.90 Å². The Morgan fingerprint density at radius 3 is 2.79 bits per heavy atom. The highest BCUT2D eigenvalue weighted by molar-refractivity contribution is 7.81. The van der Waals surface area contributed by atoms with Crippen molar-refractivity contribution in [3.8, 4) is 0 Å². The molecule has 1 aliphatic carbocycles. The maximum Gasteiger partial charge on any atom is 0.232 e. The molecule has 4 heteroatoms. The van der Waals surface area contributed by atoms with Gasteiger partial charge in [0.25, 0.3) is 0 Å². The summed E-state index contributed by atoms with van der Waals surface area (Å²) in [6.07, 6.45) is 2.72. The number of amides is 1.